The molecule has 0 heterocycles. The maximum absolute atomic E-state index is 8.41. The van der Waals surface area contributed by atoms with Gasteiger partial charge in [-0.05, 0) is 18.6 Å². The van der Waals surface area contributed by atoms with E-state index in [0.29, 0.717) is 0 Å². The minimum Gasteiger partial charge on any atom is -0.435 e. The lowest BCUT2D eigenvalue weighted by Gasteiger charge is -2.03. The minimum atomic E-state index is 0.933. The highest BCUT2D eigenvalue weighted by Crippen LogP contribution is 2.11. The summed E-state index contributed by atoms with van der Waals surface area (Å²) < 4.78 is 0. The molecule has 1 aromatic carbocycles. The number of anilines is 1. The molecule has 10 heavy (non-hydrogen) atoms. The first-order chi connectivity index (χ1) is 4.84. The SMILES string of the molecule is Cc1ccccc1N[B]O. The van der Waals surface area contributed by atoms with Crippen molar-refractivity contribution in [1.82, 2.24) is 0 Å². The molecule has 0 saturated heterocycles. The predicted molar refractivity (Wildman–Crippen MR) is 42.8 cm³/mol. The van der Waals surface area contributed by atoms with Crippen LogP contribution in [-0.4, -0.2) is 12.6 Å². The Balaban J connectivity index is 2.81. The van der Waals surface area contributed by atoms with Gasteiger partial charge in [-0.3, -0.25) is 0 Å². The summed E-state index contributed by atoms with van der Waals surface area (Å²) in [5.74, 6) is 0. The third-order valence-corrected chi connectivity index (χ3v) is 1.37. The van der Waals surface area contributed by atoms with Crippen molar-refractivity contribution < 1.29 is 5.02 Å². The van der Waals surface area contributed by atoms with Crippen LogP contribution in [0.2, 0.25) is 0 Å². The van der Waals surface area contributed by atoms with Gasteiger partial charge in [0, 0.05) is 5.69 Å². The number of nitrogens with one attached hydrogen (secondary N) is 1. The number of aryl methyl sites for hydroxylation is 1. The summed E-state index contributed by atoms with van der Waals surface area (Å²) >= 11 is 0. The second-order valence-electron chi connectivity index (χ2n) is 2.09. The van der Waals surface area contributed by atoms with E-state index in [0.717, 1.165) is 18.9 Å². The summed E-state index contributed by atoms with van der Waals surface area (Å²) in [5.41, 5.74) is 2.05. The maximum Gasteiger partial charge on any atom is 0.433 e. The van der Waals surface area contributed by atoms with Crippen molar-refractivity contribution in [2.24, 2.45) is 0 Å². The van der Waals surface area contributed by atoms with Gasteiger partial charge in [0.05, 0.1) is 0 Å². The topological polar surface area (TPSA) is 32.3 Å². The van der Waals surface area contributed by atoms with Gasteiger partial charge >= 0.3 is 7.62 Å². The van der Waals surface area contributed by atoms with Crippen LogP contribution in [0, 0.1) is 6.92 Å². The molecule has 2 N–H and O–H groups in total. The molecule has 1 radical (unpaired) electrons. The number of para-hydroxylation sites is 1. The van der Waals surface area contributed by atoms with Crippen LogP contribution in [-0.2, 0) is 0 Å². The molecular weight excluding hydrogens is 125 g/mol. The molecule has 0 aliphatic heterocycles. The molecule has 51 valence electrons. The standard InChI is InChI=1S/C7H9BNO/c1-6-4-2-3-5-7(6)9-8-10/h2-5,9-10H,1H3. The van der Waals surface area contributed by atoms with Gasteiger partial charge in [-0.15, -0.1) is 0 Å². The van der Waals surface area contributed by atoms with Crippen LogP contribution in [0.5, 0.6) is 0 Å². The fourth-order valence-corrected chi connectivity index (χ4v) is 0.804. The second-order valence-corrected chi connectivity index (χ2v) is 2.09. The second kappa shape index (κ2) is 3.27. The van der Waals surface area contributed by atoms with Gasteiger partial charge in [0.25, 0.3) is 0 Å². The molecule has 0 spiro atoms. The first-order valence-corrected chi connectivity index (χ1v) is 3.12. The molecule has 2 nitrogen and oxygen atoms in total. The number of rotatable bonds is 2. The summed E-state index contributed by atoms with van der Waals surface area (Å²) in [5, 5.41) is 11.1. The third kappa shape index (κ3) is 1.51. The Hall–Kier alpha value is -0.955. The van der Waals surface area contributed by atoms with Gasteiger partial charge in [-0.2, -0.15) is 0 Å². The van der Waals surface area contributed by atoms with Crippen LogP contribution >= 0.6 is 0 Å². The summed E-state index contributed by atoms with van der Waals surface area (Å²) in [4.78, 5) is 0. The lowest BCUT2D eigenvalue weighted by molar-refractivity contribution is 0.609. The fraction of sp³-hybridized carbons (Fsp3) is 0.143. The van der Waals surface area contributed by atoms with E-state index in [1.54, 1.807) is 0 Å². The number of hydrogen-bond donors (Lipinski definition) is 2. The molecule has 1 rings (SSSR count). The average Bonchev–Trinajstić information content (AvgIpc) is 1.94. The smallest absolute Gasteiger partial charge is 0.433 e. The molecule has 0 amide bonds. The molecule has 0 unspecified atom stereocenters. The van der Waals surface area contributed by atoms with Crippen LogP contribution in [0.1, 0.15) is 5.56 Å². The van der Waals surface area contributed by atoms with Crippen molar-refractivity contribution >= 4 is 13.3 Å². The van der Waals surface area contributed by atoms with Gasteiger partial charge < -0.3 is 10.3 Å². The van der Waals surface area contributed by atoms with E-state index in [1.807, 2.05) is 31.2 Å². The van der Waals surface area contributed by atoms with Crippen LogP contribution in [0.3, 0.4) is 0 Å². The molecule has 0 aromatic heterocycles. The van der Waals surface area contributed by atoms with E-state index in [1.165, 1.54) is 0 Å². The molecule has 0 aliphatic carbocycles. The van der Waals surface area contributed by atoms with Crippen molar-refractivity contribution in [2.75, 3.05) is 5.23 Å². The zero-order chi connectivity index (χ0) is 7.40. The van der Waals surface area contributed by atoms with E-state index in [2.05, 4.69) is 5.23 Å². The Morgan fingerprint density at radius 2 is 2.10 bits per heavy atom. The third-order valence-electron chi connectivity index (χ3n) is 1.37. The number of hydrogen-bond acceptors (Lipinski definition) is 2. The lowest BCUT2D eigenvalue weighted by atomic mass is 10.1. The molecule has 0 aliphatic rings. The molecule has 3 heteroatoms. The lowest BCUT2D eigenvalue weighted by Crippen LogP contribution is -2.05. The molecule has 0 atom stereocenters. The van der Waals surface area contributed by atoms with Crippen molar-refractivity contribution in [1.29, 1.82) is 0 Å². The minimum absolute atomic E-state index is 0.933. The summed E-state index contributed by atoms with van der Waals surface area (Å²) in [6, 6.07) is 7.75. The van der Waals surface area contributed by atoms with E-state index in [4.69, 9.17) is 5.02 Å². The Morgan fingerprint density at radius 1 is 1.40 bits per heavy atom. The van der Waals surface area contributed by atoms with Crippen LogP contribution in [0.25, 0.3) is 0 Å². The molecule has 0 saturated carbocycles. The molecule has 0 bridgehead atoms. The normalized spacial score (nSPS) is 9.00. The van der Waals surface area contributed by atoms with E-state index in [-0.39, 0.29) is 0 Å². The molecule has 1 aromatic rings. The summed E-state index contributed by atoms with van der Waals surface area (Å²) in [6.45, 7) is 1.98. The van der Waals surface area contributed by atoms with Gasteiger partial charge in [0.2, 0.25) is 0 Å². The monoisotopic (exact) mass is 134 g/mol. The van der Waals surface area contributed by atoms with Crippen LogP contribution in [0.15, 0.2) is 24.3 Å². The fourth-order valence-electron chi connectivity index (χ4n) is 0.804. The Kier molecular flexibility index (Phi) is 2.34. The predicted octanol–water partition coefficient (Wildman–Crippen LogP) is 0.933. The molecular formula is C7H9BNO. The zero-order valence-electron chi connectivity index (χ0n) is 5.83. The Labute approximate surface area is 61.2 Å². The van der Waals surface area contributed by atoms with Gasteiger partial charge in [0.15, 0.2) is 0 Å². The van der Waals surface area contributed by atoms with E-state index < -0.39 is 0 Å². The highest BCUT2D eigenvalue weighted by molar-refractivity contribution is 6.31. The Bertz CT molecular complexity index is 215. The zero-order valence-corrected chi connectivity index (χ0v) is 5.83. The van der Waals surface area contributed by atoms with Gasteiger partial charge in [0.1, 0.15) is 0 Å². The summed E-state index contributed by atoms with van der Waals surface area (Å²) in [7, 11) is 0.933. The first kappa shape index (κ1) is 7.16. The van der Waals surface area contributed by atoms with Crippen molar-refractivity contribution in [3.63, 3.8) is 0 Å². The first-order valence-electron chi connectivity index (χ1n) is 3.12. The van der Waals surface area contributed by atoms with E-state index in [9.17, 15) is 0 Å². The number of benzene rings is 1. The average molecular weight is 134 g/mol. The largest absolute Gasteiger partial charge is 0.435 e. The highest BCUT2D eigenvalue weighted by atomic mass is 16.2. The van der Waals surface area contributed by atoms with Crippen LogP contribution < -0.4 is 5.23 Å². The van der Waals surface area contributed by atoms with Crippen molar-refractivity contribution in [3.8, 4) is 0 Å². The molecule has 0 fully saturated rings. The van der Waals surface area contributed by atoms with Crippen molar-refractivity contribution in [2.45, 2.75) is 6.92 Å². The maximum atomic E-state index is 8.41. The van der Waals surface area contributed by atoms with Gasteiger partial charge in [-0.25, -0.2) is 0 Å². The van der Waals surface area contributed by atoms with E-state index >= 15 is 0 Å². The van der Waals surface area contributed by atoms with Gasteiger partial charge in [-0.1, -0.05) is 18.2 Å². The Morgan fingerprint density at radius 3 is 2.70 bits per heavy atom. The summed E-state index contributed by atoms with van der Waals surface area (Å²) in [6.07, 6.45) is 0. The quantitative estimate of drug-likeness (QED) is 0.589. The van der Waals surface area contributed by atoms with Crippen molar-refractivity contribution in [3.05, 3.63) is 29.8 Å². The van der Waals surface area contributed by atoms with Crippen LogP contribution in [0.4, 0.5) is 5.69 Å². The highest BCUT2D eigenvalue weighted by Gasteiger charge is 1.93.